The lowest BCUT2D eigenvalue weighted by Crippen LogP contribution is -2.29. The summed E-state index contributed by atoms with van der Waals surface area (Å²) < 4.78 is 0. The minimum Gasteiger partial charge on any atom is -0.349 e. The third-order valence-corrected chi connectivity index (χ3v) is 3.81. The molecule has 0 unspecified atom stereocenters. The molecule has 2 nitrogen and oxygen atoms in total. The van der Waals surface area contributed by atoms with Crippen LogP contribution in [0, 0.1) is 5.92 Å². The number of unbranched alkanes of at least 4 members (excludes halogenated alkanes) is 3. The first-order chi connectivity index (χ1) is 9.31. The van der Waals surface area contributed by atoms with Crippen LogP contribution in [0.3, 0.4) is 0 Å². The standard InChI is InChI=1S/C17H25NO/c1-2-3-4-8-11-16(14-9-6-5-7-10-14)18-17(19)15-12-13-15/h5-7,9-10,15-16H,2-4,8,11-13H2,1H3,(H,18,19)/t16-/m0/s1. The molecule has 0 aliphatic heterocycles. The van der Waals surface area contributed by atoms with E-state index in [0.717, 1.165) is 19.3 Å². The number of carbonyl (C=O) groups is 1. The molecule has 1 aliphatic carbocycles. The highest BCUT2D eigenvalue weighted by molar-refractivity contribution is 5.81. The Morgan fingerprint density at radius 3 is 2.58 bits per heavy atom. The van der Waals surface area contributed by atoms with E-state index >= 15 is 0 Å². The highest BCUT2D eigenvalue weighted by Gasteiger charge is 2.31. The molecule has 19 heavy (non-hydrogen) atoms. The average Bonchev–Trinajstić information content (AvgIpc) is 3.27. The van der Waals surface area contributed by atoms with Crippen LogP contribution in [0.1, 0.15) is 63.5 Å². The molecule has 104 valence electrons. The quantitative estimate of drug-likeness (QED) is 0.696. The first kappa shape index (κ1) is 14.1. The van der Waals surface area contributed by atoms with Crippen molar-refractivity contribution in [3.05, 3.63) is 35.9 Å². The van der Waals surface area contributed by atoms with Gasteiger partial charge in [0.1, 0.15) is 0 Å². The number of hydrogen-bond donors (Lipinski definition) is 1. The van der Waals surface area contributed by atoms with Gasteiger partial charge < -0.3 is 5.32 Å². The van der Waals surface area contributed by atoms with Gasteiger partial charge in [0, 0.05) is 5.92 Å². The summed E-state index contributed by atoms with van der Waals surface area (Å²) in [5.41, 5.74) is 1.24. The van der Waals surface area contributed by atoms with E-state index < -0.39 is 0 Å². The van der Waals surface area contributed by atoms with Gasteiger partial charge in [0.05, 0.1) is 6.04 Å². The van der Waals surface area contributed by atoms with Gasteiger partial charge in [-0.15, -0.1) is 0 Å². The van der Waals surface area contributed by atoms with Gasteiger partial charge >= 0.3 is 0 Å². The Hall–Kier alpha value is -1.31. The summed E-state index contributed by atoms with van der Waals surface area (Å²) in [4.78, 5) is 12.0. The summed E-state index contributed by atoms with van der Waals surface area (Å²) in [6.07, 6.45) is 8.20. The molecule has 0 aromatic heterocycles. The smallest absolute Gasteiger partial charge is 0.223 e. The van der Waals surface area contributed by atoms with Crippen molar-refractivity contribution in [1.29, 1.82) is 0 Å². The maximum Gasteiger partial charge on any atom is 0.223 e. The molecule has 2 rings (SSSR count). The lowest BCUT2D eigenvalue weighted by Gasteiger charge is -2.19. The molecule has 2 heteroatoms. The Balaban J connectivity index is 1.90. The summed E-state index contributed by atoms with van der Waals surface area (Å²) in [6.45, 7) is 2.23. The lowest BCUT2D eigenvalue weighted by atomic mass is 10.00. The van der Waals surface area contributed by atoms with Crippen molar-refractivity contribution in [2.75, 3.05) is 0 Å². The van der Waals surface area contributed by atoms with E-state index in [4.69, 9.17) is 0 Å². The minimum atomic E-state index is 0.200. The molecular weight excluding hydrogens is 234 g/mol. The number of rotatable bonds is 8. The molecule has 1 aromatic rings. The first-order valence-electron chi connectivity index (χ1n) is 7.66. The second-order valence-electron chi connectivity index (χ2n) is 5.60. The van der Waals surface area contributed by atoms with Crippen LogP contribution in [0.5, 0.6) is 0 Å². The van der Waals surface area contributed by atoms with Crippen molar-refractivity contribution in [3.63, 3.8) is 0 Å². The third kappa shape index (κ3) is 4.70. The summed E-state index contributed by atoms with van der Waals surface area (Å²) in [6, 6.07) is 10.6. The predicted octanol–water partition coefficient (Wildman–Crippen LogP) is 4.22. The average molecular weight is 259 g/mol. The zero-order valence-corrected chi connectivity index (χ0v) is 11.9. The second-order valence-corrected chi connectivity index (χ2v) is 5.60. The Labute approximate surface area is 116 Å². The third-order valence-electron chi connectivity index (χ3n) is 3.81. The Morgan fingerprint density at radius 2 is 1.95 bits per heavy atom. The SMILES string of the molecule is CCCCCC[C@H](NC(=O)C1CC1)c1ccccc1. The van der Waals surface area contributed by atoms with Crippen molar-refractivity contribution < 1.29 is 4.79 Å². The van der Waals surface area contributed by atoms with Crippen LogP contribution in [-0.4, -0.2) is 5.91 Å². The van der Waals surface area contributed by atoms with Crippen LogP contribution in [0.25, 0.3) is 0 Å². The molecule has 1 amide bonds. The topological polar surface area (TPSA) is 29.1 Å². The number of nitrogens with one attached hydrogen (secondary N) is 1. The highest BCUT2D eigenvalue weighted by Crippen LogP contribution is 2.30. The molecule has 0 radical (unpaired) electrons. The molecule has 1 aromatic carbocycles. The van der Waals surface area contributed by atoms with Crippen LogP contribution in [0.4, 0.5) is 0 Å². The number of benzene rings is 1. The van der Waals surface area contributed by atoms with Crippen LogP contribution in [-0.2, 0) is 4.79 Å². The van der Waals surface area contributed by atoms with E-state index in [9.17, 15) is 4.79 Å². The van der Waals surface area contributed by atoms with Gasteiger partial charge in [-0.05, 0) is 24.8 Å². The van der Waals surface area contributed by atoms with Gasteiger partial charge in [-0.25, -0.2) is 0 Å². The summed E-state index contributed by atoms with van der Waals surface area (Å²) in [7, 11) is 0. The zero-order valence-electron chi connectivity index (χ0n) is 11.9. The minimum absolute atomic E-state index is 0.200. The Morgan fingerprint density at radius 1 is 1.21 bits per heavy atom. The lowest BCUT2D eigenvalue weighted by molar-refractivity contribution is -0.123. The van der Waals surface area contributed by atoms with Crippen LogP contribution < -0.4 is 5.32 Å². The molecular formula is C17H25NO. The van der Waals surface area contributed by atoms with Crippen LogP contribution >= 0.6 is 0 Å². The van der Waals surface area contributed by atoms with E-state index in [1.165, 1.54) is 31.2 Å². The molecule has 0 spiro atoms. The molecule has 0 bridgehead atoms. The van der Waals surface area contributed by atoms with Gasteiger partial charge in [0.15, 0.2) is 0 Å². The van der Waals surface area contributed by atoms with Crippen molar-refractivity contribution in [3.8, 4) is 0 Å². The number of hydrogen-bond acceptors (Lipinski definition) is 1. The fourth-order valence-corrected chi connectivity index (χ4v) is 2.42. The number of carbonyl (C=O) groups excluding carboxylic acids is 1. The largest absolute Gasteiger partial charge is 0.349 e. The molecule has 1 atom stereocenters. The molecule has 0 heterocycles. The van der Waals surface area contributed by atoms with E-state index in [1.54, 1.807) is 0 Å². The Kier molecular flexibility index (Phi) is 5.44. The molecule has 0 saturated heterocycles. The molecule has 1 aliphatic rings. The van der Waals surface area contributed by atoms with E-state index in [-0.39, 0.29) is 11.9 Å². The maximum absolute atomic E-state index is 12.0. The molecule has 1 N–H and O–H groups in total. The fraction of sp³-hybridized carbons (Fsp3) is 0.588. The highest BCUT2D eigenvalue weighted by atomic mass is 16.2. The monoisotopic (exact) mass is 259 g/mol. The van der Waals surface area contributed by atoms with Crippen molar-refractivity contribution in [1.82, 2.24) is 5.32 Å². The van der Waals surface area contributed by atoms with Gasteiger partial charge in [-0.2, -0.15) is 0 Å². The van der Waals surface area contributed by atoms with Gasteiger partial charge in [-0.3, -0.25) is 4.79 Å². The molecule has 1 saturated carbocycles. The van der Waals surface area contributed by atoms with Gasteiger partial charge in [-0.1, -0.05) is 62.9 Å². The first-order valence-corrected chi connectivity index (χ1v) is 7.66. The summed E-state index contributed by atoms with van der Waals surface area (Å²) >= 11 is 0. The van der Waals surface area contributed by atoms with Gasteiger partial charge in [0.2, 0.25) is 5.91 Å². The maximum atomic E-state index is 12.0. The van der Waals surface area contributed by atoms with Gasteiger partial charge in [0.25, 0.3) is 0 Å². The van der Waals surface area contributed by atoms with Crippen LogP contribution in [0.2, 0.25) is 0 Å². The summed E-state index contributed by atoms with van der Waals surface area (Å²) in [5, 5.41) is 3.23. The zero-order chi connectivity index (χ0) is 13.5. The second kappa shape index (κ2) is 7.32. The van der Waals surface area contributed by atoms with Crippen LogP contribution in [0.15, 0.2) is 30.3 Å². The van der Waals surface area contributed by atoms with E-state index in [0.29, 0.717) is 5.92 Å². The van der Waals surface area contributed by atoms with Crippen molar-refractivity contribution in [2.24, 2.45) is 5.92 Å². The van der Waals surface area contributed by atoms with E-state index in [1.807, 2.05) is 6.07 Å². The Bertz CT molecular complexity index is 384. The summed E-state index contributed by atoms with van der Waals surface area (Å²) in [5.74, 6) is 0.547. The van der Waals surface area contributed by atoms with E-state index in [2.05, 4.69) is 36.5 Å². The number of amides is 1. The molecule has 1 fully saturated rings. The van der Waals surface area contributed by atoms with Crippen molar-refractivity contribution in [2.45, 2.75) is 57.9 Å². The van der Waals surface area contributed by atoms with Crippen molar-refractivity contribution >= 4 is 5.91 Å². The fourth-order valence-electron chi connectivity index (χ4n) is 2.42. The normalized spacial score (nSPS) is 16.1. The predicted molar refractivity (Wildman–Crippen MR) is 78.8 cm³/mol.